The molecule has 3 N–H and O–H groups in total. The second-order valence-electron chi connectivity index (χ2n) is 4.46. The average molecular weight is 292 g/mol. The maximum atomic E-state index is 12.1. The van der Waals surface area contributed by atoms with E-state index in [4.69, 9.17) is 0 Å². The van der Waals surface area contributed by atoms with Crippen LogP contribution >= 0.6 is 0 Å². The van der Waals surface area contributed by atoms with Crippen molar-refractivity contribution in [3.63, 3.8) is 0 Å². The highest BCUT2D eigenvalue weighted by atomic mass is 19.4. The molecule has 2 unspecified atom stereocenters. The first-order valence-electron chi connectivity index (χ1n) is 5.70. The van der Waals surface area contributed by atoms with Gasteiger partial charge in [-0.2, -0.15) is 13.2 Å². The van der Waals surface area contributed by atoms with Crippen molar-refractivity contribution >= 4 is 5.97 Å². The van der Waals surface area contributed by atoms with Crippen LogP contribution in [0.15, 0.2) is 12.1 Å². The number of aryl methyl sites for hydroxylation is 1. The Morgan fingerprint density at radius 1 is 1.25 bits per heavy atom. The summed E-state index contributed by atoms with van der Waals surface area (Å²) < 4.78 is 40.6. The Kier molecular flexibility index (Phi) is 3.51. The van der Waals surface area contributed by atoms with E-state index in [0.717, 1.165) is 6.07 Å². The van der Waals surface area contributed by atoms with Crippen LogP contribution in [0.25, 0.3) is 0 Å². The molecule has 0 bridgehead atoms. The van der Waals surface area contributed by atoms with Crippen molar-refractivity contribution in [2.24, 2.45) is 0 Å². The summed E-state index contributed by atoms with van der Waals surface area (Å²) >= 11 is 0. The van der Waals surface area contributed by atoms with Crippen LogP contribution < -0.4 is 0 Å². The number of aliphatic hydroxyl groups excluding tert-OH is 1. The molecule has 1 aromatic carbocycles. The fourth-order valence-electron chi connectivity index (χ4n) is 2.11. The van der Waals surface area contributed by atoms with Crippen molar-refractivity contribution in [3.05, 3.63) is 23.3 Å². The Labute approximate surface area is 111 Å². The molecule has 2 atom stereocenters. The number of aliphatic hydroxyl groups is 1. The zero-order valence-electron chi connectivity index (χ0n) is 10.0. The number of ether oxygens (including phenoxy) is 1. The van der Waals surface area contributed by atoms with Crippen LogP contribution in [0.5, 0.6) is 11.5 Å². The van der Waals surface area contributed by atoms with E-state index in [0.29, 0.717) is 5.56 Å². The number of fused-ring (bicyclic) bond motifs is 1. The van der Waals surface area contributed by atoms with Crippen LogP contribution in [0.2, 0.25) is 0 Å². The molecule has 5 nitrogen and oxygen atoms in total. The lowest BCUT2D eigenvalue weighted by atomic mass is 9.87. The Balaban J connectivity index is 2.21. The summed E-state index contributed by atoms with van der Waals surface area (Å²) in [6, 6.07) is 2.26. The number of alkyl halides is 3. The SMILES string of the molecule is O=C(OC1CCc2cc(O)c(O)cc2C1O)C(F)(F)F. The van der Waals surface area contributed by atoms with Gasteiger partial charge in [-0.05, 0) is 36.1 Å². The molecule has 0 saturated carbocycles. The number of halogens is 3. The maximum Gasteiger partial charge on any atom is 0.490 e. The Morgan fingerprint density at radius 3 is 2.45 bits per heavy atom. The summed E-state index contributed by atoms with van der Waals surface area (Å²) in [7, 11) is 0. The highest BCUT2D eigenvalue weighted by Gasteiger charge is 2.44. The molecule has 1 aliphatic rings. The number of esters is 1. The summed E-state index contributed by atoms with van der Waals surface area (Å²) in [4.78, 5) is 10.8. The van der Waals surface area contributed by atoms with E-state index in [1.165, 1.54) is 6.07 Å². The van der Waals surface area contributed by atoms with E-state index in [9.17, 15) is 33.3 Å². The Morgan fingerprint density at radius 2 is 1.85 bits per heavy atom. The molecule has 1 aliphatic carbocycles. The third-order valence-electron chi connectivity index (χ3n) is 3.10. The monoisotopic (exact) mass is 292 g/mol. The minimum atomic E-state index is -5.13. The molecule has 0 spiro atoms. The largest absolute Gasteiger partial charge is 0.504 e. The zero-order chi connectivity index (χ0) is 15.1. The molecule has 20 heavy (non-hydrogen) atoms. The van der Waals surface area contributed by atoms with Crippen molar-refractivity contribution in [2.75, 3.05) is 0 Å². The number of rotatable bonds is 1. The van der Waals surface area contributed by atoms with Gasteiger partial charge >= 0.3 is 12.1 Å². The fourth-order valence-corrected chi connectivity index (χ4v) is 2.11. The van der Waals surface area contributed by atoms with Gasteiger partial charge in [0.15, 0.2) is 11.5 Å². The minimum absolute atomic E-state index is 0.0137. The summed E-state index contributed by atoms with van der Waals surface area (Å²) in [6.07, 6.45) is -7.77. The van der Waals surface area contributed by atoms with Crippen LogP contribution in [0.1, 0.15) is 23.7 Å². The fraction of sp³-hybridized carbons (Fsp3) is 0.417. The molecule has 8 heteroatoms. The number of aromatic hydroxyl groups is 2. The van der Waals surface area contributed by atoms with Crippen LogP contribution in [0.4, 0.5) is 13.2 Å². The highest BCUT2D eigenvalue weighted by molar-refractivity contribution is 5.75. The van der Waals surface area contributed by atoms with Crippen molar-refractivity contribution in [3.8, 4) is 11.5 Å². The standard InChI is InChI=1S/C12H11F3O5/c13-12(14,15)11(19)20-9-2-1-5-3-7(16)8(17)4-6(5)10(9)18/h3-4,9-10,16-18H,1-2H2. The van der Waals surface area contributed by atoms with Gasteiger partial charge in [0.1, 0.15) is 12.2 Å². The molecule has 0 heterocycles. The molecule has 0 aromatic heterocycles. The molecule has 0 aliphatic heterocycles. The topological polar surface area (TPSA) is 87.0 Å². The molecular formula is C12H11F3O5. The number of carbonyl (C=O) groups excluding carboxylic acids is 1. The van der Waals surface area contributed by atoms with Gasteiger partial charge in [-0.25, -0.2) is 4.79 Å². The molecular weight excluding hydrogens is 281 g/mol. The molecule has 1 aromatic rings. The summed E-state index contributed by atoms with van der Waals surface area (Å²) in [5.74, 6) is -3.26. The normalized spacial score (nSPS) is 22.2. The van der Waals surface area contributed by atoms with E-state index in [2.05, 4.69) is 4.74 Å². The van der Waals surface area contributed by atoms with Crippen LogP contribution in [0, 0.1) is 0 Å². The predicted molar refractivity (Wildman–Crippen MR) is 59.0 cm³/mol. The van der Waals surface area contributed by atoms with E-state index < -0.39 is 30.1 Å². The number of phenols is 2. The number of hydrogen-bond acceptors (Lipinski definition) is 5. The predicted octanol–water partition coefficient (Wildman–Crippen LogP) is 1.55. The lowest BCUT2D eigenvalue weighted by molar-refractivity contribution is -0.210. The van der Waals surface area contributed by atoms with Gasteiger partial charge in [0.25, 0.3) is 0 Å². The van der Waals surface area contributed by atoms with Gasteiger partial charge in [-0.3, -0.25) is 0 Å². The van der Waals surface area contributed by atoms with Crippen LogP contribution in [0.3, 0.4) is 0 Å². The third kappa shape index (κ3) is 2.64. The van der Waals surface area contributed by atoms with Gasteiger partial charge in [0, 0.05) is 0 Å². The molecule has 0 saturated heterocycles. The lowest BCUT2D eigenvalue weighted by Gasteiger charge is -2.30. The van der Waals surface area contributed by atoms with Crippen molar-refractivity contribution < 1.29 is 38.0 Å². The van der Waals surface area contributed by atoms with Crippen LogP contribution in [-0.2, 0) is 16.0 Å². The third-order valence-corrected chi connectivity index (χ3v) is 3.10. The number of benzene rings is 1. The van der Waals surface area contributed by atoms with Gasteiger partial charge < -0.3 is 20.1 Å². The second-order valence-corrected chi connectivity index (χ2v) is 4.46. The van der Waals surface area contributed by atoms with Crippen molar-refractivity contribution in [1.82, 2.24) is 0 Å². The average Bonchev–Trinajstić information content (AvgIpc) is 2.34. The second kappa shape index (κ2) is 4.86. The van der Waals surface area contributed by atoms with Crippen LogP contribution in [-0.4, -0.2) is 33.6 Å². The summed E-state index contributed by atoms with van der Waals surface area (Å²) in [5, 5.41) is 28.6. The van der Waals surface area contributed by atoms with E-state index >= 15 is 0 Å². The van der Waals surface area contributed by atoms with Gasteiger partial charge in [-0.15, -0.1) is 0 Å². The molecule has 0 fully saturated rings. The van der Waals surface area contributed by atoms with E-state index in [-0.39, 0.29) is 24.2 Å². The zero-order valence-corrected chi connectivity index (χ0v) is 10.0. The van der Waals surface area contributed by atoms with Gasteiger partial charge in [-0.1, -0.05) is 0 Å². The molecule has 0 amide bonds. The van der Waals surface area contributed by atoms with Gasteiger partial charge in [0.05, 0.1) is 0 Å². The number of hydrogen-bond donors (Lipinski definition) is 3. The first-order chi connectivity index (χ1) is 9.20. The smallest absolute Gasteiger partial charge is 0.490 e. The lowest BCUT2D eigenvalue weighted by Crippen LogP contribution is -2.35. The quantitative estimate of drug-likeness (QED) is 0.540. The summed E-state index contributed by atoms with van der Waals surface area (Å²) in [6.45, 7) is 0. The Bertz CT molecular complexity index is 541. The molecule has 2 rings (SSSR count). The summed E-state index contributed by atoms with van der Waals surface area (Å²) in [5.41, 5.74) is 0.610. The Hall–Kier alpha value is -1.96. The van der Waals surface area contributed by atoms with E-state index in [1.807, 2.05) is 0 Å². The first-order valence-corrected chi connectivity index (χ1v) is 5.70. The molecule has 110 valence electrons. The van der Waals surface area contributed by atoms with Crippen molar-refractivity contribution in [1.29, 1.82) is 0 Å². The first kappa shape index (κ1) is 14.4. The maximum absolute atomic E-state index is 12.1. The number of phenolic OH excluding ortho intramolecular Hbond substituents is 2. The van der Waals surface area contributed by atoms with Crippen molar-refractivity contribution in [2.45, 2.75) is 31.2 Å². The minimum Gasteiger partial charge on any atom is -0.504 e. The van der Waals surface area contributed by atoms with Gasteiger partial charge in [0.2, 0.25) is 0 Å². The number of carbonyl (C=O) groups is 1. The molecule has 0 radical (unpaired) electrons. The van der Waals surface area contributed by atoms with E-state index in [1.54, 1.807) is 0 Å². The highest BCUT2D eigenvalue weighted by Crippen LogP contribution is 2.38.